The number of aliphatic hydroxyl groups excluding tert-OH is 1. The van der Waals surface area contributed by atoms with E-state index in [9.17, 15) is 4.79 Å². The second kappa shape index (κ2) is 7.46. The minimum absolute atomic E-state index is 0.0326. The fourth-order valence-electron chi connectivity index (χ4n) is 1.59. The topological polar surface area (TPSA) is 40.5 Å². The Morgan fingerprint density at radius 2 is 2.17 bits per heavy atom. The highest BCUT2D eigenvalue weighted by Crippen LogP contribution is 2.31. The van der Waals surface area contributed by atoms with E-state index in [4.69, 9.17) is 28.3 Å². The summed E-state index contributed by atoms with van der Waals surface area (Å²) >= 11 is 13.0. The van der Waals surface area contributed by atoms with Crippen LogP contribution in [-0.4, -0.2) is 41.5 Å². The van der Waals surface area contributed by atoms with Crippen LogP contribution in [0.1, 0.15) is 30.6 Å². The Bertz CT molecular complexity index is 407. The largest absolute Gasteiger partial charge is 0.396 e. The van der Waals surface area contributed by atoms with Crippen LogP contribution >= 0.6 is 34.5 Å². The van der Waals surface area contributed by atoms with Crippen LogP contribution in [0.5, 0.6) is 0 Å². The first-order chi connectivity index (χ1) is 8.45. The zero-order chi connectivity index (χ0) is 13.7. The van der Waals surface area contributed by atoms with E-state index in [0.29, 0.717) is 33.7 Å². The summed E-state index contributed by atoms with van der Waals surface area (Å²) in [7, 11) is 0. The van der Waals surface area contributed by atoms with Crippen LogP contribution < -0.4 is 0 Å². The number of carbonyl (C=O) groups excluding carboxylic acids is 1. The molecule has 0 radical (unpaired) electrons. The van der Waals surface area contributed by atoms with Crippen molar-refractivity contribution in [3.63, 3.8) is 0 Å². The number of hydrogen-bond donors (Lipinski definition) is 1. The Balaban J connectivity index is 2.69. The minimum atomic E-state index is -0.0326. The van der Waals surface area contributed by atoms with Crippen molar-refractivity contribution >= 4 is 40.3 Å². The predicted molar refractivity (Wildman–Crippen MR) is 77.1 cm³/mol. The molecular formula is C12H17Cl2NO2S. The SMILES string of the molecule is CC(C)N(CCCO)CC(=O)c1cc(Cl)sc1Cl. The highest BCUT2D eigenvalue weighted by atomic mass is 35.5. The fourth-order valence-corrected chi connectivity index (χ4v) is 3.09. The lowest BCUT2D eigenvalue weighted by Gasteiger charge is -2.25. The molecule has 0 aliphatic heterocycles. The molecule has 18 heavy (non-hydrogen) atoms. The van der Waals surface area contributed by atoms with E-state index < -0.39 is 0 Å². The van der Waals surface area contributed by atoms with E-state index in [1.54, 1.807) is 6.07 Å². The van der Waals surface area contributed by atoms with Gasteiger partial charge in [0.05, 0.1) is 16.4 Å². The van der Waals surface area contributed by atoms with Crippen molar-refractivity contribution in [1.82, 2.24) is 4.90 Å². The van der Waals surface area contributed by atoms with Gasteiger partial charge in [0.15, 0.2) is 5.78 Å². The first kappa shape index (κ1) is 15.9. The van der Waals surface area contributed by atoms with E-state index in [2.05, 4.69) is 0 Å². The molecule has 0 aliphatic carbocycles. The summed E-state index contributed by atoms with van der Waals surface area (Å²) < 4.78 is 0.964. The van der Waals surface area contributed by atoms with Crippen molar-refractivity contribution in [2.45, 2.75) is 26.3 Å². The zero-order valence-corrected chi connectivity index (χ0v) is 12.8. The molecule has 1 N–H and O–H groups in total. The van der Waals surface area contributed by atoms with Crippen LogP contribution in [0.25, 0.3) is 0 Å². The molecule has 1 aromatic rings. The zero-order valence-electron chi connectivity index (χ0n) is 10.4. The monoisotopic (exact) mass is 309 g/mol. The first-order valence-corrected chi connectivity index (χ1v) is 7.36. The van der Waals surface area contributed by atoms with Gasteiger partial charge in [-0.25, -0.2) is 0 Å². The lowest BCUT2D eigenvalue weighted by atomic mass is 10.2. The standard InChI is InChI=1S/C12H17Cl2NO2S/c1-8(2)15(4-3-5-16)7-10(17)9-6-11(13)18-12(9)14/h6,8,16H,3-5,7H2,1-2H3. The average molecular weight is 310 g/mol. The molecule has 0 aromatic carbocycles. The van der Waals surface area contributed by atoms with Crippen molar-refractivity contribution in [3.05, 3.63) is 20.3 Å². The third-order valence-corrected chi connectivity index (χ3v) is 4.13. The molecule has 1 aromatic heterocycles. The Morgan fingerprint density at radius 3 is 2.61 bits per heavy atom. The van der Waals surface area contributed by atoms with Gasteiger partial charge in [0.2, 0.25) is 0 Å². The van der Waals surface area contributed by atoms with Gasteiger partial charge in [0.1, 0.15) is 4.34 Å². The third-order valence-electron chi connectivity index (χ3n) is 2.64. The Morgan fingerprint density at radius 1 is 1.50 bits per heavy atom. The van der Waals surface area contributed by atoms with Gasteiger partial charge in [-0.1, -0.05) is 23.2 Å². The molecule has 0 saturated heterocycles. The molecule has 1 rings (SSSR count). The van der Waals surface area contributed by atoms with Gasteiger partial charge < -0.3 is 5.11 Å². The van der Waals surface area contributed by atoms with Crippen LogP contribution in [0.2, 0.25) is 8.67 Å². The van der Waals surface area contributed by atoms with Gasteiger partial charge in [0.25, 0.3) is 0 Å². The van der Waals surface area contributed by atoms with Crippen molar-refractivity contribution in [2.24, 2.45) is 0 Å². The maximum atomic E-state index is 12.1. The van der Waals surface area contributed by atoms with Gasteiger partial charge in [-0.3, -0.25) is 9.69 Å². The quantitative estimate of drug-likeness (QED) is 0.785. The van der Waals surface area contributed by atoms with E-state index >= 15 is 0 Å². The Labute approximate surface area is 121 Å². The molecule has 0 saturated carbocycles. The van der Waals surface area contributed by atoms with Crippen LogP contribution in [0.15, 0.2) is 6.07 Å². The second-order valence-corrected chi connectivity index (χ2v) is 6.59. The number of nitrogens with zero attached hydrogens (tertiary/aromatic N) is 1. The highest BCUT2D eigenvalue weighted by molar-refractivity contribution is 7.20. The normalized spacial score (nSPS) is 11.5. The average Bonchev–Trinajstić information content (AvgIpc) is 2.63. The summed E-state index contributed by atoms with van der Waals surface area (Å²) in [5, 5.41) is 8.85. The van der Waals surface area contributed by atoms with E-state index in [-0.39, 0.29) is 18.4 Å². The molecule has 0 fully saturated rings. The number of rotatable bonds is 7. The summed E-state index contributed by atoms with van der Waals surface area (Å²) in [6.07, 6.45) is 0.656. The second-order valence-electron chi connectivity index (χ2n) is 4.30. The summed E-state index contributed by atoms with van der Waals surface area (Å²) in [6, 6.07) is 1.86. The van der Waals surface area contributed by atoms with Crippen molar-refractivity contribution in [1.29, 1.82) is 0 Å². The molecule has 0 atom stereocenters. The fraction of sp³-hybridized carbons (Fsp3) is 0.583. The van der Waals surface area contributed by atoms with E-state index in [1.807, 2.05) is 18.7 Å². The molecule has 6 heteroatoms. The molecule has 3 nitrogen and oxygen atoms in total. The van der Waals surface area contributed by atoms with Gasteiger partial charge >= 0.3 is 0 Å². The molecule has 102 valence electrons. The lowest BCUT2D eigenvalue weighted by molar-refractivity contribution is 0.0897. The molecule has 0 aliphatic rings. The van der Waals surface area contributed by atoms with E-state index in [1.165, 1.54) is 11.3 Å². The molecule has 0 spiro atoms. The van der Waals surface area contributed by atoms with Crippen LogP contribution in [-0.2, 0) is 0 Å². The maximum Gasteiger partial charge on any atom is 0.179 e. The number of ketones is 1. The van der Waals surface area contributed by atoms with Gasteiger partial charge in [-0.15, -0.1) is 11.3 Å². The number of Topliss-reactive ketones (excluding diaryl/α,β-unsaturated/α-hetero) is 1. The van der Waals surface area contributed by atoms with Gasteiger partial charge in [-0.2, -0.15) is 0 Å². The smallest absolute Gasteiger partial charge is 0.179 e. The lowest BCUT2D eigenvalue weighted by Crippen LogP contribution is -2.36. The first-order valence-electron chi connectivity index (χ1n) is 5.78. The highest BCUT2D eigenvalue weighted by Gasteiger charge is 2.19. The summed E-state index contributed by atoms with van der Waals surface area (Å²) in [4.78, 5) is 14.1. The van der Waals surface area contributed by atoms with Crippen molar-refractivity contribution in [3.8, 4) is 0 Å². The molecule has 0 bridgehead atoms. The number of thiophene rings is 1. The van der Waals surface area contributed by atoms with Gasteiger partial charge in [-0.05, 0) is 26.3 Å². The van der Waals surface area contributed by atoms with Crippen molar-refractivity contribution < 1.29 is 9.90 Å². The molecule has 0 unspecified atom stereocenters. The number of aliphatic hydroxyl groups is 1. The molecular weight excluding hydrogens is 293 g/mol. The van der Waals surface area contributed by atoms with Gasteiger partial charge in [0, 0.05) is 19.2 Å². The Kier molecular flexibility index (Phi) is 6.60. The Hall–Kier alpha value is -0.130. The van der Waals surface area contributed by atoms with Crippen LogP contribution in [0.3, 0.4) is 0 Å². The number of hydrogen-bond acceptors (Lipinski definition) is 4. The predicted octanol–water partition coefficient (Wildman–Crippen LogP) is 3.33. The van der Waals surface area contributed by atoms with Crippen LogP contribution in [0, 0.1) is 0 Å². The summed E-state index contributed by atoms with van der Waals surface area (Å²) in [5.74, 6) is -0.0326. The third kappa shape index (κ3) is 4.52. The number of carbonyl (C=O) groups is 1. The van der Waals surface area contributed by atoms with Crippen LogP contribution in [0.4, 0.5) is 0 Å². The van der Waals surface area contributed by atoms with Crippen molar-refractivity contribution in [2.75, 3.05) is 19.7 Å². The molecule has 1 heterocycles. The minimum Gasteiger partial charge on any atom is -0.396 e. The summed E-state index contributed by atoms with van der Waals surface area (Å²) in [6.45, 7) is 5.15. The molecule has 0 amide bonds. The maximum absolute atomic E-state index is 12.1. The van der Waals surface area contributed by atoms with E-state index in [0.717, 1.165) is 0 Å². The number of halogens is 2. The summed E-state index contributed by atoms with van der Waals surface area (Å²) in [5.41, 5.74) is 0.487.